The minimum absolute atomic E-state index is 0.0875. The quantitative estimate of drug-likeness (QED) is 0.784. The molecular formula is C15H25N3O. The monoisotopic (exact) mass is 263 g/mol. The molecule has 106 valence electrons. The van der Waals surface area contributed by atoms with Crippen molar-refractivity contribution in [1.82, 2.24) is 10.2 Å². The SMILES string of the molecule is CC(C)(C)C1CCC(C#N)C(N2CCNC(=O)C2)C1. The summed E-state index contributed by atoms with van der Waals surface area (Å²) in [4.78, 5) is 13.8. The molecule has 0 aromatic carbocycles. The molecule has 0 bridgehead atoms. The number of carbonyl (C=O) groups is 1. The Kier molecular flexibility index (Phi) is 4.15. The van der Waals surface area contributed by atoms with E-state index in [-0.39, 0.29) is 23.3 Å². The molecule has 1 saturated carbocycles. The Bertz CT molecular complexity index is 380. The maximum absolute atomic E-state index is 11.6. The van der Waals surface area contributed by atoms with Gasteiger partial charge in [-0.1, -0.05) is 20.8 Å². The molecule has 2 fully saturated rings. The Hall–Kier alpha value is -1.08. The van der Waals surface area contributed by atoms with E-state index in [1.54, 1.807) is 0 Å². The second-order valence-electron chi connectivity index (χ2n) is 7.00. The van der Waals surface area contributed by atoms with Crippen molar-refractivity contribution in [2.45, 2.75) is 46.1 Å². The van der Waals surface area contributed by atoms with Gasteiger partial charge in [0.15, 0.2) is 0 Å². The number of nitriles is 1. The molecule has 19 heavy (non-hydrogen) atoms. The van der Waals surface area contributed by atoms with Gasteiger partial charge in [-0.05, 0) is 30.6 Å². The second-order valence-corrected chi connectivity index (χ2v) is 7.00. The highest BCUT2D eigenvalue weighted by Crippen LogP contribution is 2.41. The first kappa shape index (κ1) is 14.3. The van der Waals surface area contributed by atoms with Crippen LogP contribution in [-0.4, -0.2) is 36.5 Å². The Labute approximate surface area is 116 Å². The zero-order chi connectivity index (χ0) is 14.0. The van der Waals surface area contributed by atoms with Crippen molar-refractivity contribution >= 4 is 5.91 Å². The summed E-state index contributed by atoms with van der Waals surface area (Å²) in [5.41, 5.74) is 0.288. The van der Waals surface area contributed by atoms with Crippen LogP contribution in [0.4, 0.5) is 0 Å². The number of carbonyl (C=O) groups excluding carboxylic acids is 1. The fourth-order valence-corrected chi connectivity index (χ4v) is 3.43. The zero-order valence-corrected chi connectivity index (χ0v) is 12.3. The van der Waals surface area contributed by atoms with Gasteiger partial charge in [0.2, 0.25) is 5.91 Å². The molecule has 0 spiro atoms. The van der Waals surface area contributed by atoms with Crippen molar-refractivity contribution in [1.29, 1.82) is 5.26 Å². The van der Waals surface area contributed by atoms with Crippen LogP contribution in [0.5, 0.6) is 0 Å². The van der Waals surface area contributed by atoms with Gasteiger partial charge in [0, 0.05) is 19.1 Å². The lowest BCUT2D eigenvalue weighted by atomic mass is 9.67. The highest BCUT2D eigenvalue weighted by Gasteiger charge is 2.39. The van der Waals surface area contributed by atoms with E-state index in [4.69, 9.17) is 0 Å². The molecule has 2 aliphatic rings. The van der Waals surface area contributed by atoms with Gasteiger partial charge in [-0.2, -0.15) is 5.26 Å². The molecule has 0 aromatic heterocycles. The number of hydrogen-bond acceptors (Lipinski definition) is 3. The normalized spacial score (nSPS) is 33.6. The van der Waals surface area contributed by atoms with E-state index in [1.807, 2.05) is 0 Å². The molecule has 0 aromatic rings. The summed E-state index contributed by atoms with van der Waals surface area (Å²) in [5, 5.41) is 12.2. The van der Waals surface area contributed by atoms with Gasteiger partial charge in [0.05, 0.1) is 18.5 Å². The number of piperazine rings is 1. The number of hydrogen-bond donors (Lipinski definition) is 1. The fourth-order valence-electron chi connectivity index (χ4n) is 3.43. The summed E-state index contributed by atoms with van der Waals surface area (Å²) < 4.78 is 0. The molecule has 1 amide bonds. The molecule has 1 aliphatic heterocycles. The summed E-state index contributed by atoms with van der Waals surface area (Å²) in [6, 6.07) is 2.72. The first-order valence-corrected chi connectivity index (χ1v) is 7.32. The summed E-state index contributed by atoms with van der Waals surface area (Å²) in [6.45, 7) is 8.90. The Morgan fingerprint density at radius 3 is 2.68 bits per heavy atom. The van der Waals surface area contributed by atoms with Crippen LogP contribution in [0.2, 0.25) is 0 Å². The molecule has 3 atom stereocenters. The molecular weight excluding hydrogens is 238 g/mol. The number of rotatable bonds is 1. The predicted molar refractivity (Wildman–Crippen MR) is 74.3 cm³/mol. The van der Waals surface area contributed by atoms with Crippen LogP contribution in [0.3, 0.4) is 0 Å². The minimum atomic E-state index is 0.0875. The van der Waals surface area contributed by atoms with E-state index in [0.29, 0.717) is 19.0 Å². The second kappa shape index (κ2) is 5.50. The van der Waals surface area contributed by atoms with Gasteiger partial charge in [-0.3, -0.25) is 9.69 Å². The van der Waals surface area contributed by atoms with Crippen LogP contribution in [0.15, 0.2) is 0 Å². The van der Waals surface area contributed by atoms with Crippen LogP contribution in [0.1, 0.15) is 40.0 Å². The van der Waals surface area contributed by atoms with Crippen molar-refractivity contribution in [2.75, 3.05) is 19.6 Å². The lowest BCUT2D eigenvalue weighted by Gasteiger charge is -2.45. The molecule has 4 nitrogen and oxygen atoms in total. The van der Waals surface area contributed by atoms with E-state index >= 15 is 0 Å². The van der Waals surface area contributed by atoms with Crippen LogP contribution < -0.4 is 5.32 Å². The van der Waals surface area contributed by atoms with Crippen LogP contribution in [0.25, 0.3) is 0 Å². The maximum Gasteiger partial charge on any atom is 0.234 e. The first-order chi connectivity index (χ1) is 8.91. The van der Waals surface area contributed by atoms with Gasteiger partial charge in [0.25, 0.3) is 0 Å². The van der Waals surface area contributed by atoms with Crippen molar-refractivity contribution in [3.8, 4) is 6.07 Å². The Balaban J connectivity index is 2.10. The van der Waals surface area contributed by atoms with Gasteiger partial charge in [-0.25, -0.2) is 0 Å². The molecule has 1 heterocycles. The van der Waals surface area contributed by atoms with E-state index in [0.717, 1.165) is 25.8 Å². The standard InChI is InChI=1S/C15H25N3O/c1-15(2,3)12-5-4-11(9-16)13(8-12)18-7-6-17-14(19)10-18/h11-13H,4-8,10H2,1-3H3,(H,17,19). The highest BCUT2D eigenvalue weighted by molar-refractivity contribution is 5.78. The van der Waals surface area contributed by atoms with Crippen LogP contribution in [-0.2, 0) is 4.79 Å². The third-order valence-corrected chi connectivity index (χ3v) is 4.74. The highest BCUT2D eigenvalue weighted by atomic mass is 16.2. The molecule has 2 rings (SSSR count). The van der Waals surface area contributed by atoms with Gasteiger partial charge in [0.1, 0.15) is 0 Å². The molecule has 4 heteroatoms. The fraction of sp³-hybridized carbons (Fsp3) is 0.867. The predicted octanol–water partition coefficient (Wildman–Crippen LogP) is 1.77. The smallest absolute Gasteiger partial charge is 0.234 e. The first-order valence-electron chi connectivity index (χ1n) is 7.32. The van der Waals surface area contributed by atoms with Gasteiger partial charge >= 0.3 is 0 Å². The summed E-state index contributed by atoms with van der Waals surface area (Å²) in [6.07, 6.45) is 3.16. The minimum Gasteiger partial charge on any atom is -0.354 e. The number of amides is 1. The molecule has 0 radical (unpaired) electrons. The lowest BCUT2D eigenvalue weighted by Crippen LogP contribution is -2.55. The van der Waals surface area contributed by atoms with Crippen molar-refractivity contribution in [2.24, 2.45) is 17.3 Å². The average Bonchev–Trinajstić information content (AvgIpc) is 2.37. The molecule has 1 N–H and O–H groups in total. The zero-order valence-electron chi connectivity index (χ0n) is 12.3. The van der Waals surface area contributed by atoms with E-state index < -0.39 is 0 Å². The van der Waals surface area contributed by atoms with Crippen molar-refractivity contribution < 1.29 is 4.79 Å². The van der Waals surface area contributed by atoms with E-state index in [9.17, 15) is 10.1 Å². The van der Waals surface area contributed by atoms with Crippen molar-refractivity contribution in [3.05, 3.63) is 0 Å². The third kappa shape index (κ3) is 3.27. The third-order valence-electron chi connectivity index (χ3n) is 4.74. The Morgan fingerprint density at radius 2 is 2.11 bits per heavy atom. The van der Waals surface area contributed by atoms with Gasteiger partial charge in [-0.15, -0.1) is 0 Å². The van der Waals surface area contributed by atoms with E-state index in [1.165, 1.54) is 0 Å². The van der Waals surface area contributed by atoms with Crippen LogP contribution in [0, 0.1) is 28.6 Å². The maximum atomic E-state index is 11.6. The number of nitrogens with zero attached hydrogens (tertiary/aromatic N) is 2. The molecule has 1 aliphatic carbocycles. The average molecular weight is 263 g/mol. The van der Waals surface area contributed by atoms with Crippen LogP contribution >= 0.6 is 0 Å². The van der Waals surface area contributed by atoms with E-state index in [2.05, 4.69) is 37.1 Å². The topological polar surface area (TPSA) is 56.1 Å². The summed E-state index contributed by atoms with van der Waals surface area (Å²) >= 11 is 0. The summed E-state index contributed by atoms with van der Waals surface area (Å²) in [7, 11) is 0. The number of nitrogens with one attached hydrogen (secondary N) is 1. The molecule has 1 saturated heterocycles. The van der Waals surface area contributed by atoms with Crippen molar-refractivity contribution in [3.63, 3.8) is 0 Å². The van der Waals surface area contributed by atoms with Gasteiger partial charge < -0.3 is 5.32 Å². The largest absolute Gasteiger partial charge is 0.354 e. The summed E-state index contributed by atoms with van der Waals surface area (Å²) in [5.74, 6) is 0.831. The molecule has 3 unspecified atom stereocenters. The lowest BCUT2D eigenvalue weighted by molar-refractivity contribution is -0.125. The Morgan fingerprint density at radius 1 is 1.37 bits per heavy atom.